The van der Waals surface area contributed by atoms with Crippen LogP contribution in [0.3, 0.4) is 0 Å². The molecule has 2 atom stereocenters. The summed E-state index contributed by atoms with van der Waals surface area (Å²) >= 11 is -1.59. The van der Waals surface area contributed by atoms with Gasteiger partial charge in [0, 0.05) is 0 Å². The molecule has 1 fully saturated rings. The highest BCUT2D eigenvalue weighted by Crippen LogP contribution is 2.14. The van der Waals surface area contributed by atoms with Gasteiger partial charge in [-0.05, 0) is 19.1 Å². The number of benzene rings is 1. The van der Waals surface area contributed by atoms with Gasteiger partial charge in [0.25, 0.3) is 0 Å². The van der Waals surface area contributed by atoms with Gasteiger partial charge in [0.1, 0.15) is 18.5 Å². The van der Waals surface area contributed by atoms with E-state index in [1.54, 1.807) is 0 Å². The molecule has 1 heterocycles. The molecule has 0 radical (unpaired) electrons. The lowest BCUT2D eigenvalue weighted by Crippen LogP contribution is -2.19. The van der Waals surface area contributed by atoms with Crippen LogP contribution in [0.5, 0.6) is 5.75 Å². The summed E-state index contributed by atoms with van der Waals surface area (Å²) in [7, 11) is 0. The summed E-state index contributed by atoms with van der Waals surface area (Å²) in [6, 6.07) is 7.73. The molecule has 1 aliphatic rings. The van der Waals surface area contributed by atoms with Crippen molar-refractivity contribution in [3.63, 3.8) is 0 Å². The fraction of sp³-hybridized carbons (Fsp3) is 0.400. The molecule has 0 unspecified atom stereocenters. The number of aryl methyl sites for hydroxylation is 1. The number of rotatable bonds is 3. The van der Waals surface area contributed by atoms with Crippen molar-refractivity contribution >= 4 is 11.4 Å². The molecule has 0 amide bonds. The van der Waals surface area contributed by atoms with E-state index >= 15 is 0 Å². The van der Waals surface area contributed by atoms with Gasteiger partial charge in [-0.15, -0.1) is 0 Å². The Bertz CT molecular complexity index is 349. The SMILES string of the molecule is Cc1ccc(OC[C@@H]2CO[S@@](=O)O2)cc1. The monoisotopic (exact) mass is 228 g/mol. The average Bonchev–Trinajstić information content (AvgIpc) is 2.64. The van der Waals surface area contributed by atoms with Crippen LogP contribution in [0.25, 0.3) is 0 Å². The van der Waals surface area contributed by atoms with E-state index in [2.05, 4.69) is 0 Å². The van der Waals surface area contributed by atoms with Gasteiger partial charge >= 0.3 is 11.4 Å². The lowest BCUT2D eigenvalue weighted by molar-refractivity contribution is 0.151. The third-order valence-corrected chi connectivity index (χ3v) is 2.78. The van der Waals surface area contributed by atoms with E-state index in [1.165, 1.54) is 5.56 Å². The third-order valence-electron chi connectivity index (χ3n) is 2.02. The topological polar surface area (TPSA) is 44.8 Å². The van der Waals surface area contributed by atoms with Crippen LogP contribution in [0.4, 0.5) is 0 Å². The summed E-state index contributed by atoms with van der Waals surface area (Å²) in [6.45, 7) is 2.69. The Kier molecular flexibility index (Phi) is 3.35. The first kappa shape index (κ1) is 10.6. The molecule has 5 heteroatoms. The van der Waals surface area contributed by atoms with E-state index in [4.69, 9.17) is 13.1 Å². The van der Waals surface area contributed by atoms with Gasteiger partial charge in [-0.1, -0.05) is 17.7 Å². The van der Waals surface area contributed by atoms with Gasteiger partial charge < -0.3 is 4.74 Å². The number of ether oxygens (including phenoxy) is 1. The molecule has 0 saturated carbocycles. The van der Waals surface area contributed by atoms with E-state index in [1.807, 2.05) is 31.2 Å². The molecule has 2 rings (SSSR count). The fourth-order valence-corrected chi connectivity index (χ4v) is 1.85. The van der Waals surface area contributed by atoms with Crippen LogP contribution in [0.2, 0.25) is 0 Å². The first-order valence-corrected chi connectivity index (χ1v) is 5.66. The van der Waals surface area contributed by atoms with Crippen molar-refractivity contribution in [1.82, 2.24) is 0 Å². The van der Waals surface area contributed by atoms with Crippen LogP contribution in [0.1, 0.15) is 5.56 Å². The number of hydrogen-bond donors (Lipinski definition) is 0. The highest BCUT2D eigenvalue weighted by atomic mass is 32.2. The van der Waals surface area contributed by atoms with Crippen molar-refractivity contribution in [3.05, 3.63) is 29.8 Å². The average molecular weight is 228 g/mol. The lowest BCUT2D eigenvalue weighted by Gasteiger charge is -2.08. The van der Waals surface area contributed by atoms with Gasteiger partial charge in [-0.25, -0.2) is 0 Å². The van der Waals surface area contributed by atoms with Crippen molar-refractivity contribution in [3.8, 4) is 5.75 Å². The summed E-state index contributed by atoms with van der Waals surface area (Å²) in [5, 5.41) is 0. The van der Waals surface area contributed by atoms with Gasteiger partial charge in [0.05, 0.1) is 6.61 Å². The first-order chi connectivity index (χ1) is 7.24. The maximum Gasteiger partial charge on any atom is 0.305 e. The Morgan fingerprint density at radius 1 is 1.47 bits per heavy atom. The second-order valence-electron chi connectivity index (χ2n) is 3.33. The van der Waals surface area contributed by atoms with Crippen molar-refractivity contribution in [2.75, 3.05) is 13.2 Å². The first-order valence-electron chi connectivity index (χ1n) is 4.66. The largest absolute Gasteiger partial charge is 0.491 e. The third kappa shape index (κ3) is 3.02. The summed E-state index contributed by atoms with van der Waals surface area (Å²) < 4.78 is 25.8. The Hall–Kier alpha value is -0.910. The van der Waals surface area contributed by atoms with E-state index in [0.717, 1.165) is 5.75 Å². The molecular formula is C10H12O4S. The highest BCUT2D eigenvalue weighted by Gasteiger charge is 2.23. The standard InChI is InChI=1S/C10H12O4S/c1-8-2-4-9(5-3-8)12-6-10-7-13-15(11)14-10/h2-5,10H,6-7H2,1H3/t10-,15-/m1/s1. The van der Waals surface area contributed by atoms with Crippen molar-refractivity contribution in [1.29, 1.82) is 0 Å². The second-order valence-corrected chi connectivity index (χ2v) is 4.17. The zero-order valence-corrected chi connectivity index (χ0v) is 9.16. The molecule has 1 saturated heterocycles. The van der Waals surface area contributed by atoms with Crippen LogP contribution in [0, 0.1) is 6.92 Å². The predicted molar refractivity (Wildman–Crippen MR) is 55.6 cm³/mol. The zero-order valence-electron chi connectivity index (χ0n) is 8.34. The molecule has 0 N–H and O–H groups in total. The van der Waals surface area contributed by atoms with Gasteiger partial charge in [-0.2, -0.15) is 4.21 Å². The quantitative estimate of drug-likeness (QED) is 0.783. The molecule has 0 spiro atoms. The summed E-state index contributed by atoms with van der Waals surface area (Å²) in [4.78, 5) is 0. The van der Waals surface area contributed by atoms with Gasteiger partial charge in [0.2, 0.25) is 0 Å². The molecule has 0 aromatic heterocycles. The smallest absolute Gasteiger partial charge is 0.305 e. The van der Waals surface area contributed by atoms with E-state index in [9.17, 15) is 4.21 Å². The summed E-state index contributed by atoms with van der Waals surface area (Å²) in [6.07, 6.45) is -0.243. The molecule has 1 aromatic rings. The Labute approximate surface area is 91.0 Å². The molecular weight excluding hydrogens is 216 g/mol. The minimum Gasteiger partial charge on any atom is -0.491 e. The predicted octanol–water partition coefficient (Wildman–Crippen LogP) is 1.37. The van der Waals surface area contributed by atoms with Gasteiger partial charge in [0.15, 0.2) is 0 Å². The van der Waals surface area contributed by atoms with Crippen molar-refractivity contribution in [2.45, 2.75) is 13.0 Å². The normalized spacial score (nSPS) is 25.4. The minimum absolute atomic E-state index is 0.243. The van der Waals surface area contributed by atoms with Crippen LogP contribution in [-0.2, 0) is 19.7 Å². The van der Waals surface area contributed by atoms with Crippen molar-refractivity contribution < 1.29 is 17.3 Å². The molecule has 1 aliphatic heterocycles. The Morgan fingerprint density at radius 3 is 2.80 bits per heavy atom. The van der Waals surface area contributed by atoms with Gasteiger partial charge in [-0.3, -0.25) is 8.37 Å². The maximum absolute atomic E-state index is 10.7. The molecule has 4 nitrogen and oxygen atoms in total. The maximum atomic E-state index is 10.7. The Morgan fingerprint density at radius 2 is 2.20 bits per heavy atom. The molecule has 82 valence electrons. The molecule has 0 aliphatic carbocycles. The molecule has 15 heavy (non-hydrogen) atoms. The zero-order chi connectivity index (χ0) is 10.7. The Balaban J connectivity index is 1.83. The molecule has 1 aromatic carbocycles. The summed E-state index contributed by atoms with van der Waals surface area (Å²) in [5.74, 6) is 0.780. The fourth-order valence-electron chi connectivity index (χ4n) is 1.20. The van der Waals surface area contributed by atoms with Crippen molar-refractivity contribution in [2.24, 2.45) is 0 Å². The number of hydrogen-bond acceptors (Lipinski definition) is 4. The minimum atomic E-state index is -1.59. The van der Waals surface area contributed by atoms with E-state index in [-0.39, 0.29) is 6.10 Å². The summed E-state index contributed by atoms with van der Waals surface area (Å²) in [5.41, 5.74) is 1.18. The van der Waals surface area contributed by atoms with Crippen LogP contribution in [-0.4, -0.2) is 23.5 Å². The van der Waals surface area contributed by atoms with Crippen LogP contribution in [0.15, 0.2) is 24.3 Å². The molecule has 0 bridgehead atoms. The van der Waals surface area contributed by atoms with Crippen LogP contribution >= 0.6 is 0 Å². The lowest BCUT2D eigenvalue weighted by atomic mass is 10.2. The van der Waals surface area contributed by atoms with E-state index in [0.29, 0.717) is 13.2 Å². The second kappa shape index (κ2) is 4.74. The van der Waals surface area contributed by atoms with Crippen LogP contribution < -0.4 is 4.74 Å². The highest BCUT2D eigenvalue weighted by molar-refractivity contribution is 7.75. The van der Waals surface area contributed by atoms with E-state index < -0.39 is 11.4 Å².